The van der Waals surface area contributed by atoms with Crippen molar-refractivity contribution in [3.05, 3.63) is 83.3 Å². The standard InChI is InChI=1S/C18H16N2O2/c1-13(19-18(21)15-8-5-11-20(22)12-15)16-10-4-7-14-6-2-3-9-17(14)16/h2-13H,1H3,(H,19,21)/t13-/m0/s1. The van der Waals surface area contributed by atoms with E-state index in [1.54, 1.807) is 12.1 Å². The van der Waals surface area contributed by atoms with Crippen LogP contribution in [0.2, 0.25) is 0 Å². The molecule has 0 aliphatic heterocycles. The molecule has 1 N–H and O–H groups in total. The van der Waals surface area contributed by atoms with E-state index in [4.69, 9.17) is 0 Å². The molecule has 22 heavy (non-hydrogen) atoms. The van der Waals surface area contributed by atoms with Crippen molar-refractivity contribution in [2.75, 3.05) is 0 Å². The number of pyridine rings is 1. The summed E-state index contributed by atoms with van der Waals surface area (Å²) in [6, 6.07) is 17.1. The van der Waals surface area contributed by atoms with Gasteiger partial charge in [-0.05, 0) is 29.3 Å². The number of carbonyl (C=O) groups is 1. The molecule has 0 aliphatic rings. The second-order valence-corrected chi connectivity index (χ2v) is 5.22. The summed E-state index contributed by atoms with van der Waals surface area (Å²) in [4.78, 5) is 12.3. The molecule has 0 aliphatic carbocycles. The molecule has 3 rings (SSSR count). The first kappa shape index (κ1) is 14.1. The summed E-state index contributed by atoms with van der Waals surface area (Å²) in [6.07, 6.45) is 2.62. The third kappa shape index (κ3) is 2.76. The lowest BCUT2D eigenvalue weighted by Crippen LogP contribution is -2.31. The maximum absolute atomic E-state index is 12.3. The number of aromatic nitrogens is 1. The Hall–Kier alpha value is -2.88. The number of amides is 1. The van der Waals surface area contributed by atoms with E-state index in [-0.39, 0.29) is 11.9 Å². The summed E-state index contributed by atoms with van der Waals surface area (Å²) in [5.74, 6) is -0.259. The third-order valence-electron chi connectivity index (χ3n) is 3.67. The minimum absolute atomic E-state index is 0.154. The molecule has 4 nitrogen and oxygen atoms in total. The number of carbonyl (C=O) groups excluding carboxylic acids is 1. The number of hydrogen-bond donors (Lipinski definition) is 1. The van der Waals surface area contributed by atoms with Gasteiger partial charge in [-0.15, -0.1) is 0 Å². The van der Waals surface area contributed by atoms with E-state index in [1.165, 1.54) is 12.4 Å². The second kappa shape index (κ2) is 5.85. The molecule has 0 fully saturated rings. The van der Waals surface area contributed by atoms with E-state index in [1.807, 2.05) is 49.4 Å². The number of nitrogens with one attached hydrogen (secondary N) is 1. The Balaban J connectivity index is 1.87. The predicted octanol–water partition coefficient (Wildman–Crippen LogP) is 2.96. The second-order valence-electron chi connectivity index (χ2n) is 5.22. The fraction of sp³-hybridized carbons (Fsp3) is 0.111. The van der Waals surface area contributed by atoms with Crippen molar-refractivity contribution >= 4 is 16.7 Å². The van der Waals surface area contributed by atoms with E-state index in [2.05, 4.69) is 5.32 Å². The molecule has 0 bridgehead atoms. The van der Waals surface area contributed by atoms with Crippen molar-refractivity contribution in [3.63, 3.8) is 0 Å². The highest BCUT2D eigenvalue weighted by molar-refractivity contribution is 5.94. The smallest absolute Gasteiger partial charge is 0.257 e. The largest absolute Gasteiger partial charge is 0.619 e. The highest BCUT2D eigenvalue weighted by Gasteiger charge is 2.15. The van der Waals surface area contributed by atoms with Crippen LogP contribution in [0.1, 0.15) is 28.9 Å². The maximum Gasteiger partial charge on any atom is 0.257 e. The Morgan fingerprint density at radius 3 is 2.68 bits per heavy atom. The Morgan fingerprint density at radius 1 is 1.09 bits per heavy atom. The molecule has 1 amide bonds. The number of rotatable bonds is 3. The molecule has 4 heteroatoms. The van der Waals surface area contributed by atoms with Crippen molar-refractivity contribution < 1.29 is 9.52 Å². The summed E-state index contributed by atoms with van der Waals surface area (Å²) < 4.78 is 0.623. The van der Waals surface area contributed by atoms with Crippen LogP contribution in [0.15, 0.2) is 67.0 Å². The van der Waals surface area contributed by atoms with E-state index >= 15 is 0 Å². The Kier molecular flexibility index (Phi) is 3.74. The normalized spacial score (nSPS) is 12.0. The molecular formula is C18H16N2O2. The summed E-state index contributed by atoms with van der Waals surface area (Å²) in [6.45, 7) is 1.94. The Bertz CT molecular complexity index is 825. The van der Waals surface area contributed by atoms with Crippen molar-refractivity contribution in [1.29, 1.82) is 0 Å². The zero-order valence-corrected chi connectivity index (χ0v) is 12.2. The average molecular weight is 292 g/mol. The number of fused-ring (bicyclic) bond motifs is 1. The quantitative estimate of drug-likeness (QED) is 0.596. The lowest BCUT2D eigenvalue weighted by molar-refractivity contribution is -0.605. The lowest BCUT2D eigenvalue weighted by atomic mass is 9.99. The predicted molar refractivity (Wildman–Crippen MR) is 85.2 cm³/mol. The van der Waals surface area contributed by atoms with Gasteiger partial charge in [0.2, 0.25) is 0 Å². The fourth-order valence-electron chi connectivity index (χ4n) is 2.57. The Morgan fingerprint density at radius 2 is 1.86 bits per heavy atom. The molecule has 0 radical (unpaired) electrons. The molecule has 110 valence electrons. The van der Waals surface area contributed by atoms with Gasteiger partial charge in [0, 0.05) is 6.07 Å². The first-order chi connectivity index (χ1) is 10.6. The Labute approximate surface area is 128 Å². The SMILES string of the molecule is C[C@H](NC(=O)c1ccc[n+]([O-])c1)c1cccc2ccccc12. The molecule has 0 saturated carbocycles. The molecule has 3 aromatic rings. The number of nitrogens with zero attached hydrogens (tertiary/aromatic N) is 1. The molecule has 1 aromatic heterocycles. The number of hydrogen-bond acceptors (Lipinski definition) is 2. The van der Waals surface area contributed by atoms with Crippen LogP contribution >= 0.6 is 0 Å². The van der Waals surface area contributed by atoms with Gasteiger partial charge in [-0.3, -0.25) is 4.79 Å². The van der Waals surface area contributed by atoms with Gasteiger partial charge in [-0.1, -0.05) is 42.5 Å². The molecule has 0 spiro atoms. The van der Waals surface area contributed by atoms with Crippen LogP contribution < -0.4 is 10.0 Å². The highest BCUT2D eigenvalue weighted by Crippen LogP contribution is 2.24. The van der Waals surface area contributed by atoms with Gasteiger partial charge in [0.1, 0.15) is 5.56 Å². The molecule has 2 aromatic carbocycles. The topological polar surface area (TPSA) is 56.0 Å². The van der Waals surface area contributed by atoms with Crippen LogP contribution in [0, 0.1) is 5.21 Å². The third-order valence-corrected chi connectivity index (χ3v) is 3.67. The van der Waals surface area contributed by atoms with Gasteiger partial charge in [0.25, 0.3) is 5.91 Å². The summed E-state index contributed by atoms with van der Waals surface area (Å²) in [5.41, 5.74) is 1.40. The summed E-state index contributed by atoms with van der Waals surface area (Å²) >= 11 is 0. The van der Waals surface area contributed by atoms with E-state index in [9.17, 15) is 10.0 Å². The maximum atomic E-state index is 12.3. The highest BCUT2D eigenvalue weighted by atomic mass is 16.5. The molecule has 0 unspecified atom stereocenters. The van der Waals surface area contributed by atoms with Crippen molar-refractivity contribution in [3.8, 4) is 0 Å². The van der Waals surface area contributed by atoms with Crippen LogP contribution in [-0.4, -0.2) is 5.91 Å². The molecular weight excluding hydrogens is 276 g/mol. The summed E-state index contributed by atoms with van der Waals surface area (Å²) in [7, 11) is 0. The van der Waals surface area contributed by atoms with Gasteiger partial charge in [-0.25, -0.2) is 0 Å². The molecule has 1 heterocycles. The van der Waals surface area contributed by atoms with Gasteiger partial charge >= 0.3 is 0 Å². The van der Waals surface area contributed by atoms with Crippen LogP contribution in [0.5, 0.6) is 0 Å². The first-order valence-electron chi connectivity index (χ1n) is 7.12. The minimum Gasteiger partial charge on any atom is -0.619 e. The fourth-order valence-corrected chi connectivity index (χ4v) is 2.57. The first-order valence-corrected chi connectivity index (χ1v) is 7.12. The van der Waals surface area contributed by atoms with Crippen molar-refractivity contribution in [2.24, 2.45) is 0 Å². The molecule has 1 atom stereocenters. The average Bonchev–Trinajstić information content (AvgIpc) is 2.54. The lowest BCUT2D eigenvalue weighted by Gasteiger charge is -2.16. The summed E-state index contributed by atoms with van der Waals surface area (Å²) in [5, 5.41) is 16.5. The molecule has 0 saturated heterocycles. The van der Waals surface area contributed by atoms with E-state index < -0.39 is 0 Å². The van der Waals surface area contributed by atoms with Crippen LogP contribution in [0.4, 0.5) is 0 Å². The van der Waals surface area contributed by atoms with Gasteiger partial charge in [0.05, 0.1) is 6.04 Å². The zero-order valence-electron chi connectivity index (χ0n) is 12.2. The number of benzene rings is 2. The minimum atomic E-state index is -0.259. The van der Waals surface area contributed by atoms with Gasteiger partial charge in [-0.2, -0.15) is 4.73 Å². The van der Waals surface area contributed by atoms with E-state index in [0.29, 0.717) is 10.3 Å². The van der Waals surface area contributed by atoms with Gasteiger partial charge < -0.3 is 10.5 Å². The zero-order chi connectivity index (χ0) is 15.5. The van der Waals surface area contributed by atoms with E-state index in [0.717, 1.165) is 16.3 Å². The van der Waals surface area contributed by atoms with Crippen LogP contribution in [0.25, 0.3) is 10.8 Å². The van der Waals surface area contributed by atoms with Crippen molar-refractivity contribution in [1.82, 2.24) is 5.32 Å². The van der Waals surface area contributed by atoms with Crippen molar-refractivity contribution in [2.45, 2.75) is 13.0 Å². The van der Waals surface area contributed by atoms with Crippen LogP contribution in [-0.2, 0) is 0 Å². The van der Waals surface area contributed by atoms with Crippen LogP contribution in [0.3, 0.4) is 0 Å². The van der Waals surface area contributed by atoms with Gasteiger partial charge in [0.15, 0.2) is 12.4 Å². The monoisotopic (exact) mass is 292 g/mol.